The van der Waals surface area contributed by atoms with Gasteiger partial charge in [-0.25, -0.2) is 14.4 Å². The number of benzene rings is 6. The fourth-order valence-corrected chi connectivity index (χ4v) is 8.96. The standard InChI is InChI=1S/C51H36Cl3N6O10P/c1-65-46-22-31(40-25-37(55-49(61)58-40)28-4-13-34(52)14-5-28)10-19-43(46)68-71(64,69-44-20-11-32(23-47(44)66-2)41-26-38(56-50(62)59-41)29-6-15-35(53)16-7-29)70-45-21-12-33(24-48(45)67-3)42-27-39(57-51(63)60-42)30-8-17-36(54)18-9-30/h4-27H,1-3H3,(H,55,58,61)(H,56,59,62)(H,57,60,63). The van der Waals surface area contributed by atoms with Crippen LogP contribution >= 0.6 is 42.6 Å². The van der Waals surface area contributed by atoms with Crippen LogP contribution in [-0.2, 0) is 4.57 Å². The summed E-state index contributed by atoms with van der Waals surface area (Å²) in [5.74, 6) is -0.120. The van der Waals surface area contributed by atoms with E-state index in [1.54, 1.807) is 109 Å². The molecule has 0 saturated carbocycles. The molecule has 9 aromatic rings. The maximum absolute atomic E-state index is 15.4. The molecule has 0 atom stereocenters. The molecule has 9 rings (SSSR count). The lowest BCUT2D eigenvalue weighted by Gasteiger charge is -2.22. The van der Waals surface area contributed by atoms with E-state index >= 15 is 4.57 Å². The Morgan fingerprint density at radius 3 is 0.873 bits per heavy atom. The highest BCUT2D eigenvalue weighted by molar-refractivity contribution is 7.49. The summed E-state index contributed by atoms with van der Waals surface area (Å²) in [4.78, 5) is 59.1. The number of H-pyrrole nitrogens is 3. The third kappa shape index (κ3) is 11.0. The van der Waals surface area contributed by atoms with Crippen LogP contribution in [0.3, 0.4) is 0 Å². The second-order valence-electron chi connectivity index (χ2n) is 15.3. The lowest BCUT2D eigenvalue weighted by atomic mass is 10.1. The Kier molecular flexibility index (Phi) is 13.8. The first-order valence-electron chi connectivity index (χ1n) is 21.1. The van der Waals surface area contributed by atoms with Gasteiger partial charge < -0.3 is 42.7 Å². The molecule has 3 N–H and O–H groups in total. The van der Waals surface area contributed by atoms with Gasteiger partial charge in [0, 0.05) is 31.8 Å². The minimum absolute atomic E-state index is 0.0587. The summed E-state index contributed by atoms with van der Waals surface area (Å²) in [5.41, 5.74) is 3.92. The Morgan fingerprint density at radius 1 is 0.366 bits per heavy atom. The molecule has 6 aromatic carbocycles. The van der Waals surface area contributed by atoms with E-state index in [2.05, 4.69) is 29.9 Å². The second kappa shape index (κ2) is 20.4. The van der Waals surface area contributed by atoms with Gasteiger partial charge in [0.25, 0.3) is 0 Å². The first kappa shape index (κ1) is 47.9. The van der Waals surface area contributed by atoms with Crippen molar-refractivity contribution in [3.63, 3.8) is 0 Å². The van der Waals surface area contributed by atoms with E-state index in [-0.39, 0.29) is 34.5 Å². The van der Waals surface area contributed by atoms with Crippen molar-refractivity contribution in [2.45, 2.75) is 0 Å². The lowest BCUT2D eigenvalue weighted by molar-refractivity contribution is 0.278. The lowest BCUT2D eigenvalue weighted by Crippen LogP contribution is -2.12. The number of aromatic nitrogens is 6. The molecule has 0 unspecified atom stereocenters. The van der Waals surface area contributed by atoms with Crippen LogP contribution < -0.4 is 44.9 Å². The van der Waals surface area contributed by atoms with Gasteiger partial charge in [-0.05, 0) is 126 Å². The molecule has 3 aromatic heterocycles. The van der Waals surface area contributed by atoms with E-state index in [0.717, 1.165) is 0 Å². The predicted molar refractivity (Wildman–Crippen MR) is 271 cm³/mol. The van der Waals surface area contributed by atoms with E-state index in [1.807, 2.05) is 0 Å². The Balaban J connectivity index is 1.09. The number of halogens is 3. The van der Waals surface area contributed by atoms with Crippen LogP contribution in [0.4, 0.5) is 0 Å². The van der Waals surface area contributed by atoms with E-state index in [4.69, 9.17) is 62.6 Å². The maximum Gasteiger partial charge on any atom is 0.647 e. The van der Waals surface area contributed by atoms with Crippen LogP contribution in [0.5, 0.6) is 34.5 Å². The summed E-state index contributed by atoms with van der Waals surface area (Å²) < 4.78 is 51.1. The number of hydrogen-bond donors (Lipinski definition) is 3. The van der Waals surface area contributed by atoms with E-state index in [1.165, 1.54) is 57.7 Å². The smallest absolute Gasteiger partial charge is 0.493 e. The monoisotopic (exact) mass is 1030 g/mol. The van der Waals surface area contributed by atoms with Crippen LogP contribution in [0.25, 0.3) is 67.5 Å². The number of ether oxygens (including phenoxy) is 3. The van der Waals surface area contributed by atoms with Gasteiger partial charge in [-0.15, -0.1) is 0 Å². The molecular formula is C51H36Cl3N6O10P. The van der Waals surface area contributed by atoms with Crippen LogP contribution in [-0.4, -0.2) is 51.2 Å². The number of aromatic amines is 3. The van der Waals surface area contributed by atoms with Gasteiger partial charge in [-0.2, -0.15) is 19.5 Å². The summed E-state index contributed by atoms with van der Waals surface area (Å²) in [5, 5.41) is 1.58. The highest BCUT2D eigenvalue weighted by Gasteiger charge is 2.37. The summed E-state index contributed by atoms with van der Waals surface area (Å²) in [6, 6.07) is 39.5. The molecule has 0 aliphatic rings. The van der Waals surface area contributed by atoms with E-state index < -0.39 is 24.9 Å². The molecule has 3 heterocycles. The Morgan fingerprint density at radius 2 is 0.620 bits per heavy atom. The zero-order chi connectivity index (χ0) is 49.8. The average molecular weight is 1030 g/mol. The van der Waals surface area contributed by atoms with Gasteiger partial charge in [-0.1, -0.05) is 71.2 Å². The third-order valence-electron chi connectivity index (χ3n) is 10.7. The quantitative estimate of drug-likeness (QED) is 0.0817. The highest BCUT2D eigenvalue weighted by Crippen LogP contribution is 2.55. The number of methoxy groups -OCH3 is 3. The number of hydrogen-bond acceptors (Lipinski definition) is 13. The van der Waals surface area contributed by atoms with Crippen molar-refractivity contribution >= 4 is 42.6 Å². The molecule has 0 radical (unpaired) electrons. The molecular weight excluding hydrogens is 994 g/mol. The number of phosphoric acid groups is 1. The predicted octanol–water partition coefficient (Wildman–Crippen LogP) is 11.6. The first-order chi connectivity index (χ1) is 34.2. The molecule has 0 fully saturated rings. The number of nitrogens with zero attached hydrogens (tertiary/aromatic N) is 3. The Hall–Kier alpha value is -8.14. The molecule has 0 saturated heterocycles. The van der Waals surface area contributed by atoms with Crippen LogP contribution in [0.15, 0.2) is 160 Å². The normalized spacial score (nSPS) is 11.2. The van der Waals surface area contributed by atoms with Crippen LogP contribution in [0.2, 0.25) is 15.1 Å². The van der Waals surface area contributed by atoms with Crippen LogP contribution in [0, 0.1) is 0 Å². The Bertz CT molecular complexity index is 3300. The van der Waals surface area contributed by atoms with Crippen molar-refractivity contribution in [2.75, 3.05) is 21.3 Å². The summed E-state index contributed by atoms with van der Waals surface area (Å²) in [7, 11) is -0.822. The van der Waals surface area contributed by atoms with Crippen molar-refractivity contribution in [3.8, 4) is 102 Å². The molecule has 20 heteroatoms. The van der Waals surface area contributed by atoms with Crippen molar-refractivity contribution in [1.29, 1.82) is 0 Å². The third-order valence-corrected chi connectivity index (χ3v) is 12.7. The molecule has 16 nitrogen and oxygen atoms in total. The van der Waals surface area contributed by atoms with Gasteiger partial charge in [0.05, 0.1) is 55.5 Å². The van der Waals surface area contributed by atoms with Gasteiger partial charge in [0.2, 0.25) is 0 Å². The van der Waals surface area contributed by atoms with Gasteiger partial charge in [-0.3, -0.25) is 0 Å². The zero-order valence-corrected chi connectivity index (χ0v) is 40.5. The van der Waals surface area contributed by atoms with Gasteiger partial charge in [0.1, 0.15) is 0 Å². The topological polar surface area (TPSA) is 210 Å². The van der Waals surface area contributed by atoms with E-state index in [0.29, 0.717) is 82.6 Å². The summed E-state index contributed by atoms with van der Waals surface area (Å²) >= 11 is 18.3. The van der Waals surface area contributed by atoms with Gasteiger partial charge in [0.15, 0.2) is 34.5 Å². The Labute approximate surface area is 418 Å². The molecule has 0 bridgehead atoms. The van der Waals surface area contributed by atoms with Crippen molar-refractivity contribution in [2.24, 2.45) is 0 Å². The molecule has 356 valence electrons. The number of rotatable bonds is 15. The van der Waals surface area contributed by atoms with Gasteiger partial charge >= 0.3 is 24.9 Å². The number of phosphoric ester groups is 1. The van der Waals surface area contributed by atoms with Crippen molar-refractivity contribution in [3.05, 3.63) is 192 Å². The molecule has 0 spiro atoms. The largest absolute Gasteiger partial charge is 0.647 e. The minimum atomic E-state index is -4.93. The highest BCUT2D eigenvalue weighted by atomic mass is 35.5. The molecule has 71 heavy (non-hydrogen) atoms. The number of nitrogens with one attached hydrogen (secondary N) is 3. The molecule has 0 aliphatic carbocycles. The summed E-state index contributed by atoms with van der Waals surface area (Å²) in [6.45, 7) is 0. The SMILES string of the molecule is COc1cc(-c2cc(-c3ccc(Cl)cc3)[nH]c(=O)n2)ccc1OP(=O)(Oc1ccc(-c2cc(-c3ccc(Cl)cc3)[nH]c(=O)n2)cc1OC)Oc1ccc(-c2cc(-c3ccc(Cl)cc3)[nH]c(=O)n2)cc1OC. The second-order valence-corrected chi connectivity index (χ2v) is 18.0. The fourth-order valence-electron chi connectivity index (χ4n) is 7.30. The molecule has 0 amide bonds. The fraction of sp³-hybridized carbons (Fsp3) is 0.0588. The van der Waals surface area contributed by atoms with Crippen molar-refractivity contribution in [1.82, 2.24) is 29.9 Å². The average Bonchev–Trinajstić information content (AvgIpc) is 3.36. The first-order valence-corrected chi connectivity index (χ1v) is 23.7. The van der Waals surface area contributed by atoms with Crippen LogP contribution in [0.1, 0.15) is 0 Å². The van der Waals surface area contributed by atoms with E-state index in [9.17, 15) is 14.4 Å². The minimum Gasteiger partial charge on any atom is -0.493 e. The maximum atomic E-state index is 15.4. The molecule has 0 aliphatic heterocycles. The summed E-state index contributed by atoms with van der Waals surface area (Å²) in [6.07, 6.45) is 0. The zero-order valence-electron chi connectivity index (χ0n) is 37.4. The van der Waals surface area contributed by atoms with Crippen molar-refractivity contribution < 1.29 is 32.3 Å².